The van der Waals surface area contributed by atoms with Gasteiger partial charge in [-0.1, -0.05) is 26.2 Å². The van der Waals surface area contributed by atoms with E-state index in [2.05, 4.69) is 23.9 Å². The lowest BCUT2D eigenvalue weighted by Crippen LogP contribution is -2.30. The van der Waals surface area contributed by atoms with Gasteiger partial charge in [0, 0.05) is 6.20 Å². The molecular weight excluding hydrogens is 246 g/mol. The molecule has 112 valence electrons. The van der Waals surface area contributed by atoms with Crippen LogP contribution in [-0.2, 0) is 6.42 Å². The molecule has 0 bridgehead atoms. The summed E-state index contributed by atoms with van der Waals surface area (Å²) in [5, 5.41) is 4.86. The average molecular weight is 275 g/mol. The molecule has 0 radical (unpaired) electrons. The highest BCUT2D eigenvalue weighted by atomic mass is 15.3. The molecule has 2 aliphatic carbocycles. The van der Waals surface area contributed by atoms with Gasteiger partial charge in [0.15, 0.2) is 0 Å². The number of hydrogen-bond acceptors (Lipinski definition) is 2. The van der Waals surface area contributed by atoms with Gasteiger partial charge < -0.3 is 5.73 Å². The molecule has 0 saturated heterocycles. The van der Waals surface area contributed by atoms with E-state index in [0.29, 0.717) is 11.5 Å². The van der Waals surface area contributed by atoms with E-state index in [-0.39, 0.29) is 0 Å². The molecule has 0 amide bonds. The van der Waals surface area contributed by atoms with Crippen molar-refractivity contribution in [3.8, 4) is 0 Å². The Hall–Kier alpha value is -0.830. The third-order valence-electron chi connectivity index (χ3n) is 5.73. The SMILES string of the molecule is CCC1CCC(CN)(Cc2ccn(C3CCCC3)n2)C1. The zero-order valence-electron chi connectivity index (χ0n) is 12.9. The second-order valence-electron chi connectivity index (χ2n) is 7.12. The minimum absolute atomic E-state index is 0.329. The molecule has 2 saturated carbocycles. The summed E-state index contributed by atoms with van der Waals surface area (Å²) in [7, 11) is 0. The van der Waals surface area contributed by atoms with Gasteiger partial charge in [-0.15, -0.1) is 0 Å². The number of nitrogens with two attached hydrogens (primary N) is 1. The van der Waals surface area contributed by atoms with Gasteiger partial charge in [-0.25, -0.2) is 0 Å². The van der Waals surface area contributed by atoms with Crippen LogP contribution in [0.3, 0.4) is 0 Å². The fraction of sp³-hybridized carbons (Fsp3) is 0.824. The first kappa shape index (κ1) is 14.1. The molecule has 0 aromatic carbocycles. The van der Waals surface area contributed by atoms with Crippen molar-refractivity contribution in [3.05, 3.63) is 18.0 Å². The fourth-order valence-corrected chi connectivity index (χ4v) is 4.32. The van der Waals surface area contributed by atoms with Crippen LogP contribution in [0.15, 0.2) is 12.3 Å². The molecule has 2 aliphatic rings. The molecule has 2 fully saturated rings. The molecule has 0 aliphatic heterocycles. The van der Waals surface area contributed by atoms with Gasteiger partial charge in [0.1, 0.15) is 0 Å². The Labute approximate surface area is 122 Å². The molecule has 1 aromatic heterocycles. The molecule has 20 heavy (non-hydrogen) atoms. The van der Waals surface area contributed by atoms with E-state index in [9.17, 15) is 0 Å². The highest BCUT2D eigenvalue weighted by Gasteiger charge is 2.37. The van der Waals surface area contributed by atoms with Gasteiger partial charge in [-0.2, -0.15) is 5.10 Å². The summed E-state index contributed by atoms with van der Waals surface area (Å²) >= 11 is 0. The predicted octanol–water partition coefficient (Wildman–Crippen LogP) is 3.70. The first-order valence-corrected chi connectivity index (χ1v) is 8.49. The van der Waals surface area contributed by atoms with Crippen molar-refractivity contribution in [3.63, 3.8) is 0 Å². The van der Waals surface area contributed by atoms with E-state index < -0.39 is 0 Å². The molecule has 3 heteroatoms. The van der Waals surface area contributed by atoms with Crippen molar-refractivity contribution in [2.24, 2.45) is 17.1 Å². The van der Waals surface area contributed by atoms with Gasteiger partial charge in [0.25, 0.3) is 0 Å². The first-order chi connectivity index (χ1) is 9.74. The molecule has 3 rings (SSSR count). The van der Waals surface area contributed by atoms with Crippen LogP contribution >= 0.6 is 0 Å². The highest BCUT2D eigenvalue weighted by Crippen LogP contribution is 2.44. The van der Waals surface area contributed by atoms with Crippen LogP contribution in [0.1, 0.15) is 70.0 Å². The smallest absolute Gasteiger partial charge is 0.0630 e. The zero-order chi connectivity index (χ0) is 14.0. The van der Waals surface area contributed by atoms with Gasteiger partial charge in [-0.3, -0.25) is 4.68 Å². The van der Waals surface area contributed by atoms with E-state index in [4.69, 9.17) is 10.8 Å². The third-order valence-corrected chi connectivity index (χ3v) is 5.73. The maximum atomic E-state index is 6.13. The molecular formula is C17H29N3. The Balaban J connectivity index is 1.67. The van der Waals surface area contributed by atoms with E-state index in [1.165, 1.54) is 57.1 Å². The standard InChI is InChI=1S/C17H29N3/c1-2-14-7-9-17(11-14,13-18)12-15-8-10-20(19-15)16-5-3-4-6-16/h8,10,14,16H,2-7,9,11-13,18H2,1H3. The minimum Gasteiger partial charge on any atom is -0.330 e. The highest BCUT2D eigenvalue weighted by molar-refractivity contribution is 5.06. The van der Waals surface area contributed by atoms with Crippen LogP contribution in [0, 0.1) is 11.3 Å². The Morgan fingerprint density at radius 1 is 1.35 bits per heavy atom. The summed E-state index contributed by atoms with van der Waals surface area (Å²) < 4.78 is 2.22. The Kier molecular flexibility index (Phi) is 4.16. The van der Waals surface area contributed by atoms with Crippen LogP contribution in [-0.4, -0.2) is 16.3 Å². The molecule has 2 atom stereocenters. The van der Waals surface area contributed by atoms with E-state index >= 15 is 0 Å². The maximum Gasteiger partial charge on any atom is 0.0630 e. The minimum atomic E-state index is 0.329. The predicted molar refractivity (Wildman–Crippen MR) is 82.6 cm³/mol. The van der Waals surface area contributed by atoms with Crippen molar-refractivity contribution in [2.75, 3.05) is 6.54 Å². The third kappa shape index (κ3) is 2.78. The molecule has 3 nitrogen and oxygen atoms in total. The second kappa shape index (κ2) is 5.88. The number of aromatic nitrogens is 2. The Bertz CT molecular complexity index is 433. The van der Waals surface area contributed by atoms with E-state index in [0.717, 1.165) is 18.9 Å². The molecule has 2 unspecified atom stereocenters. The van der Waals surface area contributed by atoms with Crippen molar-refractivity contribution < 1.29 is 0 Å². The summed E-state index contributed by atoms with van der Waals surface area (Å²) in [6.07, 6.45) is 13.9. The summed E-state index contributed by atoms with van der Waals surface area (Å²) in [6, 6.07) is 2.89. The second-order valence-corrected chi connectivity index (χ2v) is 7.12. The van der Waals surface area contributed by atoms with Gasteiger partial charge in [0.05, 0.1) is 11.7 Å². The van der Waals surface area contributed by atoms with Crippen molar-refractivity contribution in [1.29, 1.82) is 0 Å². The fourth-order valence-electron chi connectivity index (χ4n) is 4.32. The normalized spacial score (nSPS) is 31.2. The lowest BCUT2D eigenvalue weighted by Gasteiger charge is -2.27. The molecule has 1 heterocycles. The quantitative estimate of drug-likeness (QED) is 0.890. The van der Waals surface area contributed by atoms with Crippen LogP contribution < -0.4 is 5.73 Å². The summed E-state index contributed by atoms with van der Waals surface area (Å²) in [6.45, 7) is 3.13. The lowest BCUT2D eigenvalue weighted by atomic mass is 9.80. The zero-order valence-corrected chi connectivity index (χ0v) is 12.9. The monoisotopic (exact) mass is 275 g/mol. The molecule has 1 aromatic rings. The Morgan fingerprint density at radius 3 is 2.80 bits per heavy atom. The first-order valence-electron chi connectivity index (χ1n) is 8.49. The molecule has 2 N–H and O–H groups in total. The van der Waals surface area contributed by atoms with E-state index in [1.807, 2.05) is 0 Å². The van der Waals surface area contributed by atoms with Gasteiger partial charge in [-0.05, 0) is 62.5 Å². The van der Waals surface area contributed by atoms with Crippen LogP contribution in [0.4, 0.5) is 0 Å². The van der Waals surface area contributed by atoms with Crippen LogP contribution in [0.25, 0.3) is 0 Å². The number of hydrogen-bond donors (Lipinski definition) is 1. The molecule has 0 spiro atoms. The summed E-state index contributed by atoms with van der Waals surface area (Å²) in [5.74, 6) is 0.885. The van der Waals surface area contributed by atoms with Crippen molar-refractivity contribution >= 4 is 0 Å². The van der Waals surface area contributed by atoms with Crippen molar-refractivity contribution in [2.45, 2.75) is 70.8 Å². The topological polar surface area (TPSA) is 43.8 Å². The van der Waals surface area contributed by atoms with Crippen molar-refractivity contribution in [1.82, 2.24) is 9.78 Å². The number of rotatable bonds is 5. The number of nitrogens with zero attached hydrogens (tertiary/aromatic N) is 2. The van der Waals surface area contributed by atoms with Crippen LogP contribution in [0.5, 0.6) is 0 Å². The van der Waals surface area contributed by atoms with Gasteiger partial charge in [0.2, 0.25) is 0 Å². The van der Waals surface area contributed by atoms with E-state index in [1.54, 1.807) is 0 Å². The van der Waals surface area contributed by atoms with Crippen LogP contribution in [0.2, 0.25) is 0 Å². The summed E-state index contributed by atoms with van der Waals surface area (Å²) in [4.78, 5) is 0. The average Bonchev–Trinajstić information content (AvgIpc) is 3.19. The van der Waals surface area contributed by atoms with Gasteiger partial charge >= 0.3 is 0 Å². The summed E-state index contributed by atoms with van der Waals surface area (Å²) in [5.41, 5.74) is 7.72. The Morgan fingerprint density at radius 2 is 2.15 bits per heavy atom. The largest absolute Gasteiger partial charge is 0.330 e. The lowest BCUT2D eigenvalue weighted by molar-refractivity contribution is 0.286. The maximum absolute atomic E-state index is 6.13.